The predicted molar refractivity (Wildman–Crippen MR) is 67.8 cm³/mol. The van der Waals surface area contributed by atoms with Gasteiger partial charge in [-0.25, -0.2) is 8.42 Å². The molecule has 0 spiro atoms. The van der Waals surface area contributed by atoms with Crippen molar-refractivity contribution in [1.29, 1.82) is 0 Å². The summed E-state index contributed by atoms with van der Waals surface area (Å²) in [5.74, 6) is 0.648. The Kier molecular flexibility index (Phi) is 3.03. The molecular weight excluding hydrogens is 254 g/mol. The van der Waals surface area contributed by atoms with Crippen molar-refractivity contribution in [2.24, 2.45) is 5.73 Å². The zero-order valence-electron chi connectivity index (χ0n) is 10.7. The fourth-order valence-corrected chi connectivity index (χ4v) is 2.86. The van der Waals surface area contributed by atoms with Crippen molar-refractivity contribution in [1.82, 2.24) is 0 Å². The molecule has 100 valence electrons. The van der Waals surface area contributed by atoms with Gasteiger partial charge in [-0.3, -0.25) is 0 Å². The molecule has 18 heavy (non-hydrogen) atoms. The van der Waals surface area contributed by atoms with Gasteiger partial charge in [-0.2, -0.15) is 0 Å². The summed E-state index contributed by atoms with van der Waals surface area (Å²) in [6, 6.07) is 3.24. The normalized spacial score (nSPS) is 17.3. The Morgan fingerprint density at radius 1 is 1.17 bits per heavy atom. The highest BCUT2D eigenvalue weighted by atomic mass is 32.2. The van der Waals surface area contributed by atoms with Gasteiger partial charge >= 0.3 is 0 Å². The van der Waals surface area contributed by atoms with Crippen LogP contribution in [0.5, 0.6) is 11.5 Å². The van der Waals surface area contributed by atoms with E-state index < -0.39 is 15.4 Å². The standard InChI is InChI=1S/C12H17NO4S/c1-16-10-8(12(13)6-7-12)4-5-9(11(10)17-2)18(3,14)15/h4-5H,6-7,13H2,1-3H3. The van der Waals surface area contributed by atoms with Gasteiger partial charge < -0.3 is 15.2 Å². The Balaban J connectivity index is 2.69. The van der Waals surface area contributed by atoms with E-state index in [-0.39, 0.29) is 10.6 Å². The molecule has 1 aromatic carbocycles. The summed E-state index contributed by atoms with van der Waals surface area (Å²) in [5.41, 5.74) is 6.53. The maximum atomic E-state index is 11.7. The van der Waals surface area contributed by atoms with Crippen molar-refractivity contribution < 1.29 is 17.9 Å². The van der Waals surface area contributed by atoms with Gasteiger partial charge in [-0.15, -0.1) is 0 Å². The lowest BCUT2D eigenvalue weighted by atomic mass is 10.0. The second-order valence-corrected chi connectivity index (χ2v) is 6.59. The number of nitrogens with two attached hydrogens (primary N) is 1. The Morgan fingerprint density at radius 2 is 1.72 bits per heavy atom. The maximum Gasteiger partial charge on any atom is 0.179 e. The van der Waals surface area contributed by atoms with Crippen LogP contribution < -0.4 is 15.2 Å². The fourth-order valence-electron chi connectivity index (χ4n) is 2.03. The second-order valence-electron chi connectivity index (χ2n) is 4.61. The van der Waals surface area contributed by atoms with Crippen LogP contribution in [0.2, 0.25) is 0 Å². The van der Waals surface area contributed by atoms with Gasteiger partial charge in [0, 0.05) is 17.4 Å². The Hall–Kier alpha value is -1.27. The molecule has 1 saturated carbocycles. The molecule has 0 atom stereocenters. The third-order valence-electron chi connectivity index (χ3n) is 3.21. The number of rotatable bonds is 4. The molecule has 0 unspecified atom stereocenters. The van der Waals surface area contributed by atoms with E-state index in [1.165, 1.54) is 20.3 Å². The minimum Gasteiger partial charge on any atom is -0.492 e. The molecule has 0 heterocycles. The number of hydrogen-bond donors (Lipinski definition) is 1. The molecule has 0 bridgehead atoms. The quantitative estimate of drug-likeness (QED) is 0.885. The zero-order valence-corrected chi connectivity index (χ0v) is 11.5. The predicted octanol–water partition coefficient (Wildman–Crippen LogP) is 1.06. The molecule has 1 aliphatic rings. The van der Waals surface area contributed by atoms with E-state index in [2.05, 4.69) is 0 Å². The summed E-state index contributed by atoms with van der Waals surface area (Å²) in [5, 5.41) is 0. The van der Waals surface area contributed by atoms with Gasteiger partial charge in [0.05, 0.1) is 14.2 Å². The number of sulfone groups is 1. The van der Waals surface area contributed by atoms with Crippen molar-refractivity contribution in [2.75, 3.05) is 20.5 Å². The van der Waals surface area contributed by atoms with Crippen LogP contribution >= 0.6 is 0 Å². The van der Waals surface area contributed by atoms with Gasteiger partial charge in [0.1, 0.15) is 4.90 Å². The summed E-state index contributed by atoms with van der Waals surface area (Å²) in [4.78, 5) is 0.120. The minimum absolute atomic E-state index is 0.120. The fraction of sp³-hybridized carbons (Fsp3) is 0.500. The van der Waals surface area contributed by atoms with Gasteiger partial charge in [-0.1, -0.05) is 6.07 Å². The number of methoxy groups -OCH3 is 2. The Labute approximate surface area is 107 Å². The first-order valence-corrected chi connectivity index (χ1v) is 7.47. The molecule has 0 aliphatic heterocycles. The van der Waals surface area contributed by atoms with Crippen LogP contribution in [0.15, 0.2) is 17.0 Å². The highest BCUT2D eigenvalue weighted by Gasteiger charge is 2.43. The number of ether oxygens (including phenoxy) is 2. The average molecular weight is 271 g/mol. The largest absolute Gasteiger partial charge is 0.492 e. The lowest BCUT2D eigenvalue weighted by Crippen LogP contribution is -2.20. The first-order valence-electron chi connectivity index (χ1n) is 5.58. The molecule has 1 aromatic rings. The molecule has 6 heteroatoms. The van der Waals surface area contributed by atoms with Gasteiger partial charge in [0.25, 0.3) is 0 Å². The zero-order chi connectivity index (χ0) is 13.6. The Bertz CT molecular complexity index is 576. The van der Waals surface area contributed by atoms with Crippen LogP contribution in [0.4, 0.5) is 0 Å². The van der Waals surface area contributed by atoms with E-state index in [1.54, 1.807) is 6.07 Å². The third kappa shape index (κ3) is 2.06. The van der Waals surface area contributed by atoms with E-state index in [4.69, 9.17) is 15.2 Å². The summed E-state index contributed by atoms with van der Waals surface area (Å²) in [7, 11) is -0.458. The van der Waals surface area contributed by atoms with Crippen LogP contribution in [0.3, 0.4) is 0 Å². The van der Waals surface area contributed by atoms with Gasteiger partial charge in [0.2, 0.25) is 0 Å². The minimum atomic E-state index is -3.37. The summed E-state index contributed by atoms with van der Waals surface area (Å²) >= 11 is 0. The van der Waals surface area contributed by atoms with E-state index in [9.17, 15) is 8.42 Å². The van der Waals surface area contributed by atoms with E-state index in [0.29, 0.717) is 5.75 Å². The van der Waals surface area contributed by atoms with Crippen LogP contribution in [0.1, 0.15) is 18.4 Å². The molecule has 0 radical (unpaired) electrons. The molecule has 2 N–H and O–H groups in total. The highest BCUT2D eigenvalue weighted by Crippen LogP contribution is 2.50. The topological polar surface area (TPSA) is 78.6 Å². The SMILES string of the molecule is COc1c(C2(N)CC2)ccc(S(C)(=O)=O)c1OC. The average Bonchev–Trinajstić information content (AvgIpc) is 3.05. The smallest absolute Gasteiger partial charge is 0.179 e. The monoisotopic (exact) mass is 271 g/mol. The Morgan fingerprint density at radius 3 is 2.11 bits per heavy atom. The van der Waals surface area contributed by atoms with E-state index >= 15 is 0 Å². The summed E-state index contributed by atoms with van der Waals surface area (Å²) in [6.45, 7) is 0. The third-order valence-corrected chi connectivity index (χ3v) is 4.33. The molecule has 5 nitrogen and oxygen atoms in total. The van der Waals surface area contributed by atoms with Crippen LogP contribution in [0.25, 0.3) is 0 Å². The first kappa shape index (κ1) is 13.2. The molecule has 1 aliphatic carbocycles. The molecular formula is C12H17NO4S. The first-order chi connectivity index (χ1) is 8.33. The molecule has 0 aromatic heterocycles. The number of hydrogen-bond acceptors (Lipinski definition) is 5. The lowest BCUT2D eigenvalue weighted by molar-refractivity contribution is 0.341. The van der Waals surface area contributed by atoms with Crippen LogP contribution in [0, 0.1) is 0 Å². The molecule has 0 amide bonds. The highest BCUT2D eigenvalue weighted by molar-refractivity contribution is 7.90. The van der Waals surface area contributed by atoms with E-state index in [1.807, 2.05) is 0 Å². The maximum absolute atomic E-state index is 11.7. The van der Waals surface area contributed by atoms with Crippen molar-refractivity contribution >= 4 is 9.84 Å². The molecule has 0 saturated heterocycles. The lowest BCUT2D eigenvalue weighted by Gasteiger charge is -2.19. The van der Waals surface area contributed by atoms with Crippen molar-refractivity contribution in [2.45, 2.75) is 23.3 Å². The van der Waals surface area contributed by atoms with Gasteiger partial charge in [0.15, 0.2) is 21.3 Å². The van der Waals surface area contributed by atoms with Crippen LogP contribution in [-0.4, -0.2) is 28.9 Å². The molecule has 2 rings (SSSR count). The number of benzene rings is 1. The van der Waals surface area contributed by atoms with E-state index in [0.717, 1.165) is 24.7 Å². The van der Waals surface area contributed by atoms with Gasteiger partial charge in [-0.05, 0) is 18.9 Å². The van der Waals surface area contributed by atoms with Crippen molar-refractivity contribution in [3.05, 3.63) is 17.7 Å². The van der Waals surface area contributed by atoms with Crippen molar-refractivity contribution in [3.8, 4) is 11.5 Å². The summed E-state index contributed by atoms with van der Waals surface area (Å²) in [6.07, 6.45) is 2.87. The second kappa shape index (κ2) is 4.13. The van der Waals surface area contributed by atoms with Crippen LogP contribution in [-0.2, 0) is 15.4 Å². The molecule has 1 fully saturated rings. The van der Waals surface area contributed by atoms with Crippen molar-refractivity contribution in [3.63, 3.8) is 0 Å². The summed E-state index contributed by atoms with van der Waals surface area (Å²) < 4.78 is 33.9.